The van der Waals surface area contributed by atoms with Crippen LogP contribution in [0.15, 0.2) is 36.4 Å². The third kappa shape index (κ3) is 4.87. The molecule has 0 saturated carbocycles. The molecule has 0 aliphatic carbocycles. The van der Waals surface area contributed by atoms with E-state index in [9.17, 15) is 4.39 Å². The fourth-order valence-electron chi connectivity index (χ4n) is 3.04. The molecule has 1 aliphatic rings. The molecule has 26 heavy (non-hydrogen) atoms. The summed E-state index contributed by atoms with van der Waals surface area (Å²) >= 11 is 6.04. The highest BCUT2D eigenvalue weighted by Gasteiger charge is 2.17. The summed E-state index contributed by atoms with van der Waals surface area (Å²) in [5, 5.41) is 2.59. The number of halogens is 2. The number of methoxy groups -OCH3 is 1. The van der Waals surface area contributed by atoms with Gasteiger partial charge < -0.3 is 19.5 Å². The first-order valence-electron chi connectivity index (χ1n) is 8.83. The van der Waals surface area contributed by atoms with Crippen molar-refractivity contribution in [3.63, 3.8) is 0 Å². The molecule has 2 aromatic carbocycles. The van der Waals surface area contributed by atoms with Crippen LogP contribution in [0.25, 0.3) is 0 Å². The SMILES string of the molecule is COc1cc(C[NH2+]C[C@@H]2CCCO2)ccc1OCc1c(F)cccc1Cl. The first-order chi connectivity index (χ1) is 12.7. The number of hydrogen-bond acceptors (Lipinski definition) is 3. The average Bonchev–Trinajstić information content (AvgIpc) is 3.15. The zero-order valence-electron chi connectivity index (χ0n) is 14.8. The van der Waals surface area contributed by atoms with Crippen molar-refractivity contribution in [1.82, 2.24) is 0 Å². The number of benzene rings is 2. The maximum absolute atomic E-state index is 13.9. The van der Waals surface area contributed by atoms with E-state index in [0.29, 0.717) is 28.2 Å². The molecule has 1 atom stereocenters. The highest BCUT2D eigenvalue weighted by Crippen LogP contribution is 2.30. The molecule has 140 valence electrons. The van der Waals surface area contributed by atoms with Crippen molar-refractivity contribution < 1.29 is 23.9 Å². The third-order valence-electron chi connectivity index (χ3n) is 4.50. The van der Waals surface area contributed by atoms with E-state index in [1.165, 1.54) is 6.07 Å². The molecule has 1 aliphatic heterocycles. The molecule has 0 amide bonds. The van der Waals surface area contributed by atoms with E-state index in [1.54, 1.807) is 19.2 Å². The van der Waals surface area contributed by atoms with Gasteiger partial charge in [0.1, 0.15) is 31.6 Å². The molecule has 0 bridgehead atoms. The van der Waals surface area contributed by atoms with Crippen molar-refractivity contribution in [2.75, 3.05) is 20.3 Å². The Morgan fingerprint density at radius 3 is 2.88 bits per heavy atom. The molecule has 1 saturated heterocycles. The summed E-state index contributed by atoms with van der Waals surface area (Å²) in [5.41, 5.74) is 1.47. The summed E-state index contributed by atoms with van der Waals surface area (Å²) in [6.07, 6.45) is 2.67. The number of hydrogen-bond donors (Lipinski definition) is 1. The summed E-state index contributed by atoms with van der Waals surface area (Å²) in [4.78, 5) is 0. The Balaban J connectivity index is 1.59. The summed E-state index contributed by atoms with van der Waals surface area (Å²) in [6, 6.07) is 10.4. The van der Waals surface area contributed by atoms with E-state index in [1.807, 2.05) is 18.2 Å². The first kappa shape index (κ1) is 19.0. The van der Waals surface area contributed by atoms with Gasteiger partial charge in [0, 0.05) is 17.7 Å². The van der Waals surface area contributed by atoms with Gasteiger partial charge in [0.2, 0.25) is 0 Å². The lowest BCUT2D eigenvalue weighted by Gasteiger charge is -2.13. The molecule has 2 aromatic rings. The largest absolute Gasteiger partial charge is 0.493 e. The number of rotatable bonds is 8. The van der Waals surface area contributed by atoms with Crippen LogP contribution in [0.4, 0.5) is 4.39 Å². The molecule has 0 aromatic heterocycles. The minimum atomic E-state index is -0.378. The molecule has 2 N–H and O–H groups in total. The van der Waals surface area contributed by atoms with Gasteiger partial charge in [0.15, 0.2) is 11.5 Å². The maximum atomic E-state index is 13.9. The van der Waals surface area contributed by atoms with Crippen molar-refractivity contribution >= 4 is 11.6 Å². The van der Waals surface area contributed by atoms with Crippen LogP contribution in [0, 0.1) is 5.82 Å². The van der Waals surface area contributed by atoms with Gasteiger partial charge in [-0.3, -0.25) is 0 Å². The number of quaternary nitrogens is 1. The highest BCUT2D eigenvalue weighted by atomic mass is 35.5. The average molecular weight is 381 g/mol. The molecule has 3 rings (SSSR count). The molecule has 0 unspecified atom stereocenters. The van der Waals surface area contributed by atoms with Crippen LogP contribution in [0.5, 0.6) is 11.5 Å². The van der Waals surface area contributed by atoms with Crippen molar-refractivity contribution in [3.05, 3.63) is 58.4 Å². The zero-order valence-corrected chi connectivity index (χ0v) is 15.6. The quantitative estimate of drug-likeness (QED) is 0.764. The van der Waals surface area contributed by atoms with Crippen LogP contribution in [0.3, 0.4) is 0 Å². The summed E-state index contributed by atoms with van der Waals surface area (Å²) < 4.78 is 30.6. The fraction of sp³-hybridized carbons (Fsp3) is 0.400. The van der Waals surface area contributed by atoms with E-state index < -0.39 is 0 Å². The second-order valence-electron chi connectivity index (χ2n) is 6.34. The molecular weight excluding hydrogens is 357 g/mol. The fourth-order valence-corrected chi connectivity index (χ4v) is 3.26. The Morgan fingerprint density at radius 1 is 1.27 bits per heavy atom. The summed E-state index contributed by atoms with van der Waals surface area (Å²) in [6.45, 7) is 2.73. The van der Waals surface area contributed by atoms with Crippen LogP contribution < -0.4 is 14.8 Å². The van der Waals surface area contributed by atoms with Gasteiger partial charge in [0.05, 0.1) is 12.1 Å². The van der Waals surface area contributed by atoms with Crippen molar-refractivity contribution in [3.8, 4) is 11.5 Å². The van der Waals surface area contributed by atoms with Crippen LogP contribution >= 0.6 is 11.6 Å². The van der Waals surface area contributed by atoms with E-state index in [0.717, 1.165) is 38.1 Å². The van der Waals surface area contributed by atoms with Crippen LogP contribution in [0.1, 0.15) is 24.0 Å². The van der Waals surface area contributed by atoms with E-state index in [2.05, 4.69) is 5.32 Å². The van der Waals surface area contributed by atoms with Crippen LogP contribution in [-0.4, -0.2) is 26.4 Å². The Bertz CT molecular complexity index is 715. The molecule has 4 nitrogen and oxygen atoms in total. The predicted molar refractivity (Wildman–Crippen MR) is 98.2 cm³/mol. The van der Waals surface area contributed by atoms with Gasteiger partial charge in [-0.1, -0.05) is 17.7 Å². The molecule has 1 heterocycles. The van der Waals surface area contributed by atoms with Gasteiger partial charge in [-0.2, -0.15) is 0 Å². The monoisotopic (exact) mass is 380 g/mol. The Morgan fingerprint density at radius 2 is 2.15 bits per heavy atom. The van der Waals surface area contributed by atoms with Crippen molar-refractivity contribution in [2.45, 2.75) is 32.1 Å². The van der Waals surface area contributed by atoms with Gasteiger partial charge in [-0.05, 0) is 43.2 Å². The molecular formula is C20H24ClFNO3+. The second-order valence-corrected chi connectivity index (χ2v) is 6.74. The maximum Gasteiger partial charge on any atom is 0.161 e. The van der Waals surface area contributed by atoms with Crippen LogP contribution in [-0.2, 0) is 17.9 Å². The smallest absolute Gasteiger partial charge is 0.161 e. The Kier molecular flexibility index (Phi) is 6.72. The lowest BCUT2D eigenvalue weighted by Crippen LogP contribution is -2.84. The molecule has 0 spiro atoms. The van der Waals surface area contributed by atoms with E-state index in [-0.39, 0.29) is 12.4 Å². The van der Waals surface area contributed by atoms with E-state index >= 15 is 0 Å². The highest BCUT2D eigenvalue weighted by molar-refractivity contribution is 6.31. The molecule has 0 radical (unpaired) electrons. The minimum absolute atomic E-state index is 0.0480. The van der Waals surface area contributed by atoms with Crippen molar-refractivity contribution in [1.29, 1.82) is 0 Å². The third-order valence-corrected chi connectivity index (χ3v) is 4.85. The van der Waals surface area contributed by atoms with Gasteiger partial charge in [-0.25, -0.2) is 4.39 Å². The first-order valence-corrected chi connectivity index (χ1v) is 9.21. The number of nitrogens with two attached hydrogens (primary N) is 1. The minimum Gasteiger partial charge on any atom is -0.493 e. The molecule has 1 fully saturated rings. The van der Waals surface area contributed by atoms with Gasteiger partial charge >= 0.3 is 0 Å². The summed E-state index contributed by atoms with van der Waals surface area (Å²) in [7, 11) is 1.60. The lowest BCUT2D eigenvalue weighted by atomic mass is 10.2. The van der Waals surface area contributed by atoms with Gasteiger partial charge in [0.25, 0.3) is 0 Å². The topological polar surface area (TPSA) is 44.3 Å². The Labute approximate surface area is 158 Å². The molecule has 6 heteroatoms. The zero-order chi connectivity index (χ0) is 18.4. The van der Waals surface area contributed by atoms with E-state index in [4.69, 9.17) is 25.8 Å². The predicted octanol–water partition coefficient (Wildman–Crippen LogP) is 3.31. The lowest BCUT2D eigenvalue weighted by molar-refractivity contribution is -0.676. The van der Waals surface area contributed by atoms with Crippen molar-refractivity contribution in [2.24, 2.45) is 0 Å². The number of ether oxygens (including phenoxy) is 3. The second kappa shape index (κ2) is 9.21. The Hall–Kier alpha value is -1.82. The normalized spacial score (nSPS) is 16.7. The summed E-state index contributed by atoms with van der Waals surface area (Å²) in [5.74, 6) is 0.812. The van der Waals surface area contributed by atoms with Crippen LogP contribution in [0.2, 0.25) is 5.02 Å². The standard InChI is InChI=1S/C20H23ClFNO3/c1-24-20-10-14(11-23-12-15-4-3-9-25-15)7-8-19(20)26-13-16-17(21)5-2-6-18(16)22/h2,5-8,10,15,23H,3-4,9,11-13H2,1H3/p+1/t15-/m0/s1. The van der Waals surface area contributed by atoms with Gasteiger partial charge in [-0.15, -0.1) is 0 Å².